The third kappa shape index (κ3) is 17.1. The van der Waals surface area contributed by atoms with Crippen LogP contribution in [-0.2, 0) is 37.3 Å². The van der Waals surface area contributed by atoms with Gasteiger partial charge in [0.1, 0.15) is 24.4 Å². The molecule has 2 fully saturated rings. The van der Waals surface area contributed by atoms with E-state index in [9.17, 15) is 28.6 Å². The van der Waals surface area contributed by atoms with Gasteiger partial charge in [-0.2, -0.15) is 0 Å². The number of hydrogen-bond donors (Lipinski definition) is 2. The molecule has 4 heterocycles. The number of phosphoric acid groups is 1. The summed E-state index contributed by atoms with van der Waals surface area (Å²) in [6.45, 7) is 10.8. The van der Waals surface area contributed by atoms with Gasteiger partial charge in [-0.05, 0) is 53.6 Å². The van der Waals surface area contributed by atoms with Crippen LogP contribution >= 0.6 is 7.82 Å². The molecule has 366 valence electrons. The van der Waals surface area contributed by atoms with E-state index in [0.29, 0.717) is 19.5 Å². The minimum atomic E-state index is -4.90. The molecule has 4 rings (SSSR count). The van der Waals surface area contributed by atoms with Crippen LogP contribution in [0.3, 0.4) is 0 Å². The minimum absolute atomic E-state index is 0.0913. The predicted octanol–water partition coefficient (Wildman–Crippen LogP) is 5.79. The second-order valence-electron chi connectivity index (χ2n) is 17.8. The van der Waals surface area contributed by atoms with Crippen LogP contribution in [0.1, 0.15) is 150 Å². The van der Waals surface area contributed by atoms with Crippen molar-refractivity contribution in [2.24, 2.45) is 5.92 Å². The summed E-state index contributed by atoms with van der Waals surface area (Å²) < 4.78 is 57.5. The highest BCUT2D eigenvalue weighted by Crippen LogP contribution is 2.47. The van der Waals surface area contributed by atoms with Gasteiger partial charge in [-0.1, -0.05) is 96.8 Å². The third-order valence-electron chi connectivity index (χ3n) is 12.1. The standard InChI is InChI=1S/C45H78N5O13P/c1-8-9-10-11-12-13-14-15-16-17-18-19-20-21-22-26-48(27-23-34-36(31-59-32(2)3)61-42(39(34)57-6)49-28-24-37(51)46-44(49)53)30-35-40(63-64(55,56)62-33(4)5)41(58-7)43(60-35)50-29-25-38(52)47-45(50)54/h24-25,28-29,32-36,39-43H,8-23,26-27,30-31H2,1-7H3,(H,55,56)(H,46,51,53)(H,47,52,54)/p-1/t34-,35-,36-,39-,40-,41-,42-,43-/m1/s1. The van der Waals surface area contributed by atoms with Crippen molar-refractivity contribution < 1.29 is 42.2 Å². The van der Waals surface area contributed by atoms with Crippen molar-refractivity contribution in [1.82, 2.24) is 24.0 Å². The Morgan fingerprint density at radius 3 is 1.64 bits per heavy atom. The first-order chi connectivity index (χ1) is 30.7. The average molecular weight is 927 g/mol. The molecular formula is C45H77N5O13P-. The van der Waals surface area contributed by atoms with Crippen LogP contribution in [0.15, 0.2) is 43.7 Å². The number of aromatic nitrogens is 4. The van der Waals surface area contributed by atoms with E-state index in [-0.39, 0.29) is 25.2 Å². The van der Waals surface area contributed by atoms with Crippen LogP contribution in [0.2, 0.25) is 0 Å². The number of ether oxygens (including phenoxy) is 5. The Hall–Kier alpha value is -2.77. The normalized spacial score (nSPS) is 24.7. The lowest BCUT2D eigenvalue weighted by atomic mass is 9.93. The van der Waals surface area contributed by atoms with Crippen molar-refractivity contribution in [2.75, 3.05) is 40.5 Å². The zero-order valence-corrected chi connectivity index (χ0v) is 40.2. The van der Waals surface area contributed by atoms with E-state index in [2.05, 4.69) is 21.8 Å². The van der Waals surface area contributed by atoms with Crippen LogP contribution in [-0.4, -0.2) is 107 Å². The van der Waals surface area contributed by atoms with Crippen LogP contribution in [0.5, 0.6) is 0 Å². The number of unbranched alkanes of at least 4 members (excludes halogenated alkanes) is 14. The summed E-state index contributed by atoms with van der Waals surface area (Å²) in [6.07, 6.45) is 14.5. The smallest absolute Gasteiger partial charge is 0.330 e. The van der Waals surface area contributed by atoms with Crippen LogP contribution in [0, 0.1) is 5.92 Å². The van der Waals surface area contributed by atoms with Crippen molar-refractivity contribution >= 4 is 7.82 Å². The summed E-state index contributed by atoms with van der Waals surface area (Å²) in [6, 6.07) is 2.44. The molecule has 0 amide bonds. The first kappa shape index (κ1) is 53.8. The first-order valence-electron chi connectivity index (χ1n) is 23.7. The second kappa shape index (κ2) is 27.8. The first-order valence-corrected chi connectivity index (χ1v) is 25.1. The van der Waals surface area contributed by atoms with Crippen LogP contribution in [0.4, 0.5) is 0 Å². The van der Waals surface area contributed by atoms with Crippen molar-refractivity contribution in [2.45, 2.75) is 193 Å². The highest BCUT2D eigenvalue weighted by molar-refractivity contribution is 7.45. The molecule has 2 aromatic heterocycles. The Kier molecular flexibility index (Phi) is 23.4. The maximum atomic E-state index is 13.2. The van der Waals surface area contributed by atoms with E-state index in [4.69, 9.17) is 32.7 Å². The summed E-state index contributed by atoms with van der Waals surface area (Å²) in [7, 11) is -1.97. The SMILES string of the molecule is CCCCCCCCCCCCCCCCCN(CC[C@H]1[C@@H](OC)[C@H](n2ccc(=O)[nH]c2=O)O[C@@H]1COC(C)C)C[C@H]1O[C@@H](n2ccc(=O)[nH]c2=O)[C@H](OC)[C@@H]1OP(=O)([O-])OC(C)C. The molecule has 0 bridgehead atoms. The number of nitrogens with zero attached hydrogens (tertiary/aromatic N) is 3. The van der Waals surface area contributed by atoms with Gasteiger partial charge in [-0.3, -0.25) is 33.3 Å². The highest BCUT2D eigenvalue weighted by Gasteiger charge is 2.50. The molecule has 2 aliphatic rings. The summed E-state index contributed by atoms with van der Waals surface area (Å²) in [4.78, 5) is 69.9. The molecule has 0 spiro atoms. The largest absolute Gasteiger partial charge is 0.756 e. The van der Waals surface area contributed by atoms with E-state index in [1.165, 1.54) is 107 Å². The fourth-order valence-corrected chi connectivity index (χ4v) is 9.95. The van der Waals surface area contributed by atoms with E-state index < -0.39 is 79.4 Å². The molecule has 2 aromatic rings. The maximum absolute atomic E-state index is 13.2. The molecule has 9 atom stereocenters. The number of aromatic amines is 2. The van der Waals surface area contributed by atoms with Gasteiger partial charge in [0.25, 0.3) is 18.9 Å². The number of hydrogen-bond acceptors (Lipinski definition) is 14. The zero-order valence-electron chi connectivity index (χ0n) is 39.3. The quantitative estimate of drug-likeness (QED) is 0.0656. The Morgan fingerprint density at radius 1 is 0.688 bits per heavy atom. The van der Waals surface area contributed by atoms with Gasteiger partial charge >= 0.3 is 11.4 Å². The van der Waals surface area contributed by atoms with E-state index >= 15 is 0 Å². The Bertz CT molecular complexity index is 1920. The van der Waals surface area contributed by atoms with Crippen molar-refractivity contribution in [3.63, 3.8) is 0 Å². The lowest BCUT2D eigenvalue weighted by Crippen LogP contribution is -2.44. The number of methoxy groups -OCH3 is 2. The summed E-state index contributed by atoms with van der Waals surface area (Å²) in [5, 5.41) is 0. The molecule has 1 unspecified atom stereocenters. The van der Waals surface area contributed by atoms with Gasteiger partial charge in [-0.15, -0.1) is 0 Å². The molecule has 0 aromatic carbocycles. The summed E-state index contributed by atoms with van der Waals surface area (Å²) in [5.41, 5.74) is -2.50. The Balaban J connectivity index is 1.52. The molecule has 0 aliphatic carbocycles. The molecule has 2 aliphatic heterocycles. The van der Waals surface area contributed by atoms with Crippen LogP contribution in [0.25, 0.3) is 0 Å². The Labute approximate surface area is 378 Å². The summed E-state index contributed by atoms with van der Waals surface area (Å²) in [5.74, 6) is -0.270. The molecule has 18 nitrogen and oxygen atoms in total. The lowest BCUT2D eigenvalue weighted by Gasteiger charge is -2.34. The topological polar surface area (TPSA) is 218 Å². The van der Waals surface area contributed by atoms with Crippen molar-refractivity contribution in [3.8, 4) is 0 Å². The van der Waals surface area contributed by atoms with Gasteiger partial charge in [-0.25, -0.2) is 9.59 Å². The van der Waals surface area contributed by atoms with Gasteiger partial charge < -0.3 is 42.5 Å². The second-order valence-corrected chi connectivity index (χ2v) is 19.1. The number of H-pyrrole nitrogens is 2. The number of rotatable bonds is 32. The lowest BCUT2D eigenvalue weighted by molar-refractivity contribution is -0.236. The van der Waals surface area contributed by atoms with Gasteiger partial charge in [0, 0.05) is 51.2 Å². The number of nitrogens with one attached hydrogen (secondary N) is 2. The van der Waals surface area contributed by atoms with Crippen LogP contribution < -0.4 is 27.4 Å². The molecule has 2 saturated heterocycles. The molecule has 2 N–H and O–H groups in total. The minimum Gasteiger partial charge on any atom is -0.756 e. The Morgan fingerprint density at radius 2 is 1.17 bits per heavy atom. The molecule has 0 radical (unpaired) electrons. The molecular weight excluding hydrogens is 849 g/mol. The van der Waals surface area contributed by atoms with E-state index in [0.717, 1.165) is 30.3 Å². The van der Waals surface area contributed by atoms with Crippen molar-refractivity contribution in [3.05, 3.63) is 66.2 Å². The van der Waals surface area contributed by atoms with Crippen molar-refractivity contribution in [1.29, 1.82) is 0 Å². The van der Waals surface area contributed by atoms with Gasteiger partial charge in [0.05, 0.1) is 24.9 Å². The van der Waals surface area contributed by atoms with Gasteiger partial charge in [0.15, 0.2) is 12.5 Å². The third-order valence-corrected chi connectivity index (χ3v) is 13.2. The average Bonchev–Trinajstić information content (AvgIpc) is 3.75. The maximum Gasteiger partial charge on any atom is 0.330 e. The number of phosphoric ester groups is 1. The highest BCUT2D eigenvalue weighted by atomic mass is 31.2. The van der Waals surface area contributed by atoms with E-state index in [1.807, 2.05) is 13.8 Å². The predicted molar refractivity (Wildman–Crippen MR) is 241 cm³/mol. The summed E-state index contributed by atoms with van der Waals surface area (Å²) >= 11 is 0. The molecule has 0 saturated carbocycles. The molecule has 19 heteroatoms. The zero-order chi connectivity index (χ0) is 46.6. The van der Waals surface area contributed by atoms with Gasteiger partial charge in [0.2, 0.25) is 0 Å². The fourth-order valence-electron chi connectivity index (χ4n) is 8.83. The van der Waals surface area contributed by atoms with E-state index in [1.54, 1.807) is 21.0 Å². The fraction of sp³-hybridized carbons (Fsp3) is 0.822. The molecule has 64 heavy (non-hydrogen) atoms. The monoisotopic (exact) mass is 927 g/mol.